The zero-order valence-corrected chi connectivity index (χ0v) is 11.9. The number of morpholine rings is 1. The van der Waals surface area contributed by atoms with Crippen LogP contribution in [0.1, 0.15) is 24.3 Å². The average molecular weight is 279 g/mol. The van der Waals surface area contributed by atoms with Crippen molar-refractivity contribution in [1.82, 2.24) is 15.2 Å². The molecule has 20 heavy (non-hydrogen) atoms. The molecule has 6 nitrogen and oxygen atoms in total. The molecule has 1 fully saturated rings. The first-order chi connectivity index (χ1) is 9.46. The smallest absolute Gasteiger partial charge is 0.267 e. The first kappa shape index (κ1) is 14.7. The van der Waals surface area contributed by atoms with E-state index in [4.69, 9.17) is 4.74 Å². The predicted molar refractivity (Wildman–Crippen MR) is 75.9 cm³/mol. The van der Waals surface area contributed by atoms with E-state index in [0.29, 0.717) is 18.8 Å². The summed E-state index contributed by atoms with van der Waals surface area (Å²) in [7, 11) is 0. The number of rotatable bonds is 4. The van der Waals surface area contributed by atoms with Crippen LogP contribution in [0.2, 0.25) is 0 Å². The van der Waals surface area contributed by atoms with Crippen molar-refractivity contribution in [2.45, 2.75) is 19.4 Å². The Balaban J connectivity index is 1.78. The summed E-state index contributed by atoms with van der Waals surface area (Å²) in [4.78, 5) is 27.7. The standard InChI is InChI=1S/C14H21N3O3/c1-14(2)10-17(8-9-20-14)7-6-15-13(19)11-4-3-5-12(18)16-11/h3-5H,6-10H2,1-2H3,(H,15,19)(H,16,18). The molecule has 2 N–H and O–H groups in total. The normalized spacial score (nSPS) is 18.7. The first-order valence-electron chi connectivity index (χ1n) is 6.80. The highest BCUT2D eigenvalue weighted by atomic mass is 16.5. The maximum absolute atomic E-state index is 11.8. The second kappa shape index (κ2) is 6.19. The number of carbonyl (C=O) groups is 1. The molecule has 0 aromatic carbocycles. The minimum Gasteiger partial charge on any atom is -0.373 e. The molecule has 1 aliphatic heterocycles. The highest BCUT2D eigenvalue weighted by Crippen LogP contribution is 2.15. The number of aromatic amines is 1. The Bertz CT molecular complexity index is 524. The predicted octanol–water partition coefficient (Wildman–Crippen LogP) is 0.216. The molecule has 1 saturated heterocycles. The van der Waals surface area contributed by atoms with Crippen LogP contribution < -0.4 is 10.9 Å². The molecule has 110 valence electrons. The van der Waals surface area contributed by atoms with E-state index in [1.165, 1.54) is 6.07 Å². The average Bonchev–Trinajstić information content (AvgIpc) is 2.37. The maximum atomic E-state index is 11.8. The minimum atomic E-state index is -0.271. The van der Waals surface area contributed by atoms with Crippen LogP contribution in [0.5, 0.6) is 0 Å². The van der Waals surface area contributed by atoms with Crippen LogP contribution in [-0.4, -0.2) is 54.2 Å². The third kappa shape index (κ3) is 4.18. The second-order valence-corrected chi connectivity index (χ2v) is 5.57. The Hall–Kier alpha value is -1.66. The third-order valence-electron chi connectivity index (χ3n) is 3.23. The van der Waals surface area contributed by atoms with Crippen LogP contribution in [0, 0.1) is 0 Å². The van der Waals surface area contributed by atoms with Gasteiger partial charge >= 0.3 is 0 Å². The van der Waals surface area contributed by atoms with Crippen molar-refractivity contribution in [2.75, 3.05) is 32.8 Å². The van der Waals surface area contributed by atoms with Crippen molar-refractivity contribution in [3.8, 4) is 0 Å². The molecule has 0 spiro atoms. The molecule has 1 amide bonds. The van der Waals surface area contributed by atoms with E-state index in [9.17, 15) is 9.59 Å². The van der Waals surface area contributed by atoms with Crippen molar-refractivity contribution < 1.29 is 9.53 Å². The Kier molecular flexibility index (Phi) is 4.57. The number of nitrogens with one attached hydrogen (secondary N) is 2. The summed E-state index contributed by atoms with van der Waals surface area (Å²) in [6.45, 7) is 7.89. The van der Waals surface area contributed by atoms with Crippen molar-refractivity contribution in [1.29, 1.82) is 0 Å². The van der Waals surface area contributed by atoms with Crippen LogP contribution in [0.3, 0.4) is 0 Å². The number of carbonyl (C=O) groups excluding carboxylic acids is 1. The Morgan fingerprint density at radius 1 is 1.50 bits per heavy atom. The number of H-pyrrole nitrogens is 1. The monoisotopic (exact) mass is 279 g/mol. The van der Waals surface area contributed by atoms with E-state index in [2.05, 4.69) is 29.0 Å². The van der Waals surface area contributed by atoms with Gasteiger partial charge in [0.25, 0.3) is 5.91 Å². The molecule has 0 saturated carbocycles. The number of nitrogens with zero attached hydrogens (tertiary/aromatic N) is 1. The SMILES string of the molecule is CC1(C)CN(CCNC(=O)c2cccc(=O)[nH]2)CCO1. The fourth-order valence-corrected chi connectivity index (χ4v) is 2.31. The van der Waals surface area contributed by atoms with Crippen molar-refractivity contribution in [2.24, 2.45) is 0 Å². The van der Waals surface area contributed by atoms with E-state index in [-0.39, 0.29) is 17.1 Å². The maximum Gasteiger partial charge on any atom is 0.267 e. The molecule has 0 unspecified atom stereocenters. The fourth-order valence-electron chi connectivity index (χ4n) is 2.31. The number of amides is 1. The van der Waals surface area contributed by atoms with Gasteiger partial charge < -0.3 is 15.0 Å². The molecular formula is C14H21N3O3. The quantitative estimate of drug-likeness (QED) is 0.826. The van der Waals surface area contributed by atoms with Crippen LogP contribution in [-0.2, 0) is 4.74 Å². The summed E-state index contributed by atoms with van der Waals surface area (Å²) in [6.07, 6.45) is 0. The first-order valence-corrected chi connectivity index (χ1v) is 6.80. The molecule has 0 atom stereocenters. The molecule has 6 heteroatoms. The lowest BCUT2D eigenvalue weighted by Gasteiger charge is -2.38. The van der Waals surface area contributed by atoms with Crippen molar-refractivity contribution in [3.63, 3.8) is 0 Å². The summed E-state index contributed by atoms with van der Waals surface area (Å²) >= 11 is 0. The second-order valence-electron chi connectivity index (χ2n) is 5.57. The molecule has 1 aliphatic rings. The molecule has 0 aliphatic carbocycles. The highest BCUT2D eigenvalue weighted by Gasteiger charge is 2.26. The van der Waals surface area contributed by atoms with E-state index in [1.807, 2.05) is 0 Å². The van der Waals surface area contributed by atoms with Gasteiger partial charge in [-0.1, -0.05) is 6.07 Å². The lowest BCUT2D eigenvalue weighted by Crippen LogP contribution is -2.50. The van der Waals surface area contributed by atoms with Crippen LogP contribution >= 0.6 is 0 Å². The Morgan fingerprint density at radius 3 is 3.00 bits per heavy atom. The molecule has 2 rings (SSSR count). The number of pyridine rings is 1. The fraction of sp³-hybridized carbons (Fsp3) is 0.571. The van der Waals surface area contributed by atoms with Gasteiger partial charge in [0.05, 0.1) is 12.2 Å². The van der Waals surface area contributed by atoms with Gasteiger partial charge in [0.2, 0.25) is 5.56 Å². The van der Waals surface area contributed by atoms with Gasteiger partial charge in [-0.05, 0) is 19.9 Å². The Labute approximate surface area is 118 Å². The Morgan fingerprint density at radius 2 is 2.30 bits per heavy atom. The molecule has 2 heterocycles. The number of hydrogen-bond acceptors (Lipinski definition) is 4. The summed E-state index contributed by atoms with van der Waals surface area (Å²) < 4.78 is 5.64. The van der Waals surface area contributed by atoms with Crippen molar-refractivity contribution >= 4 is 5.91 Å². The van der Waals surface area contributed by atoms with E-state index in [1.54, 1.807) is 12.1 Å². The summed E-state index contributed by atoms with van der Waals surface area (Å²) in [6, 6.07) is 4.54. The van der Waals surface area contributed by atoms with Gasteiger partial charge in [-0.15, -0.1) is 0 Å². The van der Waals surface area contributed by atoms with Crippen LogP contribution in [0.4, 0.5) is 0 Å². The topological polar surface area (TPSA) is 74.4 Å². The summed E-state index contributed by atoms with van der Waals surface area (Å²) in [5, 5.41) is 2.81. The number of aromatic nitrogens is 1. The van der Waals surface area contributed by atoms with Gasteiger partial charge in [-0.25, -0.2) is 0 Å². The zero-order chi connectivity index (χ0) is 14.6. The summed E-state index contributed by atoms with van der Waals surface area (Å²) in [5.74, 6) is -0.254. The molecule has 1 aromatic rings. The van der Waals surface area contributed by atoms with Crippen LogP contribution in [0.25, 0.3) is 0 Å². The van der Waals surface area contributed by atoms with Gasteiger partial charge in [-0.3, -0.25) is 14.5 Å². The number of hydrogen-bond donors (Lipinski definition) is 2. The van der Waals surface area contributed by atoms with E-state index >= 15 is 0 Å². The molecule has 0 bridgehead atoms. The minimum absolute atomic E-state index is 0.132. The van der Waals surface area contributed by atoms with E-state index in [0.717, 1.165) is 19.6 Å². The lowest BCUT2D eigenvalue weighted by atomic mass is 10.1. The molecule has 0 radical (unpaired) electrons. The zero-order valence-electron chi connectivity index (χ0n) is 11.9. The van der Waals surface area contributed by atoms with Crippen LogP contribution in [0.15, 0.2) is 23.0 Å². The van der Waals surface area contributed by atoms with E-state index < -0.39 is 0 Å². The van der Waals surface area contributed by atoms with Gasteiger partial charge in [-0.2, -0.15) is 0 Å². The van der Waals surface area contributed by atoms with Crippen molar-refractivity contribution in [3.05, 3.63) is 34.2 Å². The number of ether oxygens (including phenoxy) is 1. The van der Waals surface area contributed by atoms with Gasteiger partial charge in [0.15, 0.2) is 0 Å². The largest absolute Gasteiger partial charge is 0.373 e. The molecular weight excluding hydrogens is 258 g/mol. The molecule has 1 aromatic heterocycles. The van der Waals surface area contributed by atoms with Gasteiger partial charge in [0, 0.05) is 32.2 Å². The van der Waals surface area contributed by atoms with Gasteiger partial charge in [0.1, 0.15) is 5.69 Å². The highest BCUT2D eigenvalue weighted by molar-refractivity contribution is 5.92. The lowest BCUT2D eigenvalue weighted by molar-refractivity contribution is -0.0853. The summed E-state index contributed by atoms with van der Waals surface area (Å²) in [5.41, 5.74) is -0.111. The third-order valence-corrected chi connectivity index (χ3v) is 3.23.